The molecule has 15 aromatic rings. The van der Waals surface area contributed by atoms with Crippen molar-refractivity contribution in [2.75, 3.05) is 11.7 Å². The molecule has 0 aliphatic carbocycles. The van der Waals surface area contributed by atoms with Gasteiger partial charge in [0.2, 0.25) is 0 Å². The first-order valence-electron chi connectivity index (χ1n) is 35.7. The van der Waals surface area contributed by atoms with Crippen molar-refractivity contribution in [3.63, 3.8) is 0 Å². The summed E-state index contributed by atoms with van der Waals surface area (Å²) >= 11 is 5.88. The zero-order valence-electron chi connectivity index (χ0n) is 65.4. The highest BCUT2D eigenvalue weighted by Gasteiger charge is 2.09. The summed E-state index contributed by atoms with van der Waals surface area (Å²) in [5.74, 6) is 3.88. The van der Waals surface area contributed by atoms with Crippen LogP contribution in [0.15, 0.2) is 377 Å². The first-order valence-corrected chi connectivity index (χ1v) is 38.9. The number of nitrogens with two attached hydrogens (primary N) is 4. The maximum absolute atomic E-state index is 8.66. The van der Waals surface area contributed by atoms with Crippen LogP contribution in [-0.2, 0) is 0 Å². The number of halogens is 2. The molecule has 12 N–H and O–H groups in total. The van der Waals surface area contributed by atoms with E-state index < -0.39 is 7.12 Å². The number of aryl methyl sites for hydroxylation is 6. The van der Waals surface area contributed by atoms with Gasteiger partial charge in [0.15, 0.2) is 5.69 Å². The zero-order valence-corrected chi connectivity index (χ0v) is 68.6. The van der Waals surface area contributed by atoms with Crippen LogP contribution < -0.4 is 28.4 Å². The first kappa shape index (κ1) is 94.0. The minimum absolute atomic E-state index is 0.125. The quantitative estimate of drug-likeness (QED) is 0.0270. The lowest BCUT2D eigenvalue weighted by Crippen LogP contribution is -2.29. The molecule has 570 valence electrons. The Balaban J connectivity index is 0.000000320. The van der Waals surface area contributed by atoms with Crippen LogP contribution in [0.5, 0.6) is 0 Å². The summed E-state index contributed by atoms with van der Waals surface area (Å²) in [6.07, 6.45) is 0. The lowest BCUT2D eigenvalue weighted by molar-refractivity contribution is 0.426. The van der Waals surface area contributed by atoms with Gasteiger partial charge in [-0.3, -0.25) is 10.8 Å². The molecule has 0 amide bonds. The van der Waals surface area contributed by atoms with E-state index in [1.54, 1.807) is 0 Å². The minimum Gasteiger partial charge on any atom is -0.423 e. The van der Waals surface area contributed by atoms with Gasteiger partial charge in [0.05, 0.1) is 29.8 Å². The van der Waals surface area contributed by atoms with E-state index in [9.17, 15) is 0 Å². The molecule has 15 rings (SSSR count). The van der Waals surface area contributed by atoms with Gasteiger partial charge in [0.1, 0.15) is 11.7 Å². The number of amidine groups is 2. The van der Waals surface area contributed by atoms with Crippen molar-refractivity contribution in [2.24, 2.45) is 22.9 Å². The summed E-state index contributed by atoms with van der Waals surface area (Å²) in [5, 5.41) is 58.7. The topological polar surface area (TPSA) is 244 Å². The molecule has 0 heterocycles. The second-order valence-corrected chi connectivity index (χ2v) is 24.8. The fourth-order valence-corrected chi connectivity index (χ4v) is 9.51. The molecule has 0 atom stereocenters. The Morgan fingerprint density at radius 2 is 0.478 bits per heavy atom. The van der Waals surface area contributed by atoms with E-state index in [4.69, 9.17) is 60.9 Å². The summed E-state index contributed by atoms with van der Waals surface area (Å²) in [5.41, 5.74) is 35.8. The van der Waals surface area contributed by atoms with Crippen molar-refractivity contribution >= 4 is 116 Å². The van der Waals surface area contributed by atoms with Crippen molar-refractivity contribution < 1.29 is 10.0 Å². The van der Waals surface area contributed by atoms with E-state index in [1.165, 1.54) is 101 Å². The second-order valence-electron chi connectivity index (χ2n) is 24.8. The van der Waals surface area contributed by atoms with Crippen LogP contribution >= 0.6 is 31.9 Å². The molecule has 0 bridgehead atoms. The average Bonchev–Trinajstić information content (AvgIpc) is 0.874. The van der Waals surface area contributed by atoms with Crippen molar-refractivity contribution in [3.05, 3.63) is 455 Å². The van der Waals surface area contributed by atoms with Crippen LogP contribution in [0, 0.1) is 81.6 Å². The number of nitrogens with one attached hydrogen (secondary N) is 2. The van der Waals surface area contributed by atoms with Crippen LogP contribution in [-0.4, -0.2) is 40.5 Å². The standard InChI is InChI=1S/4C10H8.2C9H11N.2C8H10N2.2C8H7N.C7H6BNO2.2CH3Br/c4*1-2-6-10-8-4-3-7-9(10)5-1;2*1-7-3-5-9(6-4-7)8(2)10;2*1-6-2-4-7(5-3-6)8(9)10;1-7-3-5-8(9-2)6-4-7;1-7-2-4-8(6-9)5-3-7;9-5-6-1-3-7(4-2-6)8(10)11;2*1-2/h4*1-8H;2*3-6H,2,10H2,1H3;2*2-5H,1H3,(H3,9,10);3-6H,1H3;2-5H,1H3;1-4,10-11H;2*1H3. The van der Waals surface area contributed by atoms with E-state index in [2.05, 4.69) is 250 Å². The Morgan fingerprint density at radius 1 is 0.310 bits per heavy atom. The van der Waals surface area contributed by atoms with E-state index in [0.717, 1.165) is 27.8 Å². The van der Waals surface area contributed by atoms with E-state index in [1.807, 2.05) is 205 Å². The summed E-state index contributed by atoms with van der Waals surface area (Å²) in [4.78, 5) is 3.26. The Morgan fingerprint density at radius 3 is 0.637 bits per heavy atom. The van der Waals surface area contributed by atoms with Crippen LogP contribution in [0.2, 0.25) is 0 Å². The van der Waals surface area contributed by atoms with Gasteiger partial charge in [-0.2, -0.15) is 10.5 Å². The van der Waals surface area contributed by atoms with Gasteiger partial charge in [-0.25, -0.2) is 4.85 Å². The molecule has 14 heteroatoms. The molecule has 0 radical (unpaired) electrons. The number of hydrogen-bond donors (Lipinski definition) is 8. The van der Waals surface area contributed by atoms with Crippen LogP contribution in [0.25, 0.3) is 59.3 Å². The molecule has 0 unspecified atom stereocenters. The number of rotatable bonds is 5. The molecular weight excluding hydrogens is 1520 g/mol. The van der Waals surface area contributed by atoms with Crippen LogP contribution in [0.4, 0.5) is 5.69 Å². The molecule has 0 saturated carbocycles. The van der Waals surface area contributed by atoms with E-state index >= 15 is 0 Å². The molecule has 0 aliphatic rings. The normalized spacial score (nSPS) is 9.14. The van der Waals surface area contributed by atoms with Crippen molar-refractivity contribution in [2.45, 2.75) is 41.5 Å². The van der Waals surface area contributed by atoms with Gasteiger partial charge in [-0.1, -0.05) is 418 Å². The Labute approximate surface area is 686 Å². The number of hydrogen-bond acceptors (Lipinski definition) is 8. The highest BCUT2D eigenvalue weighted by Crippen LogP contribution is 2.17. The lowest BCUT2D eigenvalue weighted by Gasteiger charge is -1.98. The number of nitrogens with zero attached hydrogens (tertiary/aromatic N) is 3. The van der Waals surface area contributed by atoms with E-state index in [0.29, 0.717) is 28.1 Å². The highest BCUT2D eigenvalue weighted by atomic mass is 79.9. The summed E-state index contributed by atoms with van der Waals surface area (Å²) < 4.78 is 0. The fourth-order valence-electron chi connectivity index (χ4n) is 9.51. The Kier molecular flexibility index (Phi) is 45.9. The zero-order chi connectivity index (χ0) is 83.1. The predicted molar refractivity (Wildman–Crippen MR) is 493 cm³/mol. The second kappa shape index (κ2) is 55.2. The first-order chi connectivity index (χ1) is 54.5. The average molecular weight is 1620 g/mol. The number of alkyl halides is 2. The van der Waals surface area contributed by atoms with Crippen LogP contribution in [0.1, 0.15) is 66.8 Å². The third-order valence-corrected chi connectivity index (χ3v) is 15.9. The predicted octanol–water partition coefficient (Wildman–Crippen LogP) is 23.4. The molecule has 0 fully saturated rings. The smallest absolute Gasteiger partial charge is 0.423 e. The molecule has 0 saturated heterocycles. The maximum atomic E-state index is 8.66. The van der Waals surface area contributed by atoms with Gasteiger partial charge < -0.3 is 33.0 Å². The van der Waals surface area contributed by atoms with Gasteiger partial charge in [-0.15, -0.1) is 0 Å². The largest absolute Gasteiger partial charge is 0.488 e. The molecule has 0 aromatic heterocycles. The van der Waals surface area contributed by atoms with Crippen molar-refractivity contribution in [3.8, 4) is 12.1 Å². The Bertz CT molecular complexity index is 4570. The molecule has 0 spiro atoms. The number of benzene rings is 15. The summed E-state index contributed by atoms with van der Waals surface area (Å²) in [6, 6.07) is 123. The minimum atomic E-state index is -1.46. The molecule has 0 aliphatic heterocycles. The molecule has 15 aromatic carbocycles. The fraction of sp³-hybridized carbons (Fsp3) is 0.0808. The third-order valence-electron chi connectivity index (χ3n) is 15.9. The maximum Gasteiger partial charge on any atom is 0.488 e. The van der Waals surface area contributed by atoms with Gasteiger partial charge in [0, 0.05) is 22.5 Å². The SMILES string of the molecule is C=C(N)c1ccc(C)cc1.C=C(N)c1ccc(C)cc1.CBr.CBr.Cc1ccc(C#N)cc1.Cc1ccc(C(=N)N)cc1.Cc1ccc(C(=N)N)cc1.N#Cc1ccc(B(O)O)cc1.[C-]#[N+]c1ccc(C)cc1.c1ccc2ccccc2c1.c1ccc2ccccc2c1.c1ccc2ccccc2c1.c1ccc2ccccc2c1. The summed E-state index contributed by atoms with van der Waals surface area (Å²) in [6.45, 7) is 26.0. The Hall–Kier alpha value is -13.2. The van der Waals surface area contributed by atoms with Gasteiger partial charge in [0.25, 0.3) is 0 Å². The van der Waals surface area contributed by atoms with Crippen LogP contribution in [0.3, 0.4) is 0 Å². The van der Waals surface area contributed by atoms with E-state index in [-0.39, 0.29) is 11.7 Å². The summed E-state index contributed by atoms with van der Waals surface area (Å²) in [7, 11) is -1.46. The molecular formula is C99H100BBr2N9O2. The van der Waals surface area contributed by atoms with Crippen molar-refractivity contribution in [1.82, 2.24) is 0 Å². The number of fused-ring (bicyclic) bond motifs is 4. The number of nitrogen functional groups attached to an aromatic ring is 2. The highest BCUT2D eigenvalue weighted by molar-refractivity contribution is 9.09. The van der Waals surface area contributed by atoms with Gasteiger partial charge in [-0.05, 0) is 137 Å². The van der Waals surface area contributed by atoms with Gasteiger partial charge >= 0.3 is 7.12 Å². The lowest BCUT2D eigenvalue weighted by atomic mass is 9.80. The monoisotopic (exact) mass is 1620 g/mol. The molecule has 11 nitrogen and oxygen atoms in total. The molecule has 113 heavy (non-hydrogen) atoms. The third kappa shape index (κ3) is 38.6. The van der Waals surface area contributed by atoms with Crippen molar-refractivity contribution in [1.29, 1.82) is 21.3 Å². The number of nitriles is 2.